The first-order valence-corrected chi connectivity index (χ1v) is 10.8. The lowest BCUT2D eigenvalue weighted by atomic mass is 10.3. The Hall–Kier alpha value is -2.24. The van der Waals surface area contributed by atoms with Crippen molar-refractivity contribution in [2.75, 3.05) is 11.1 Å². The van der Waals surface area contributed by atoms with E-state index in [0.29, 0.717) is 28.4 Å². The fraction of sp³-hybridized carbons (Fsp3) is 0.353. The Morgan fingerprint density at radius 1 is 1.38 bits per heavy atom. The van der Waals surface area contributed by atoms with Crippen molar-refractivity contribution in [2.24, 2.45) is 0 Å². The van der Waals surface area contributed by atoms with Gasteiger partial charge >= 0.3 is 0 Å². The van der Waals surface area contributed by atoms with Crippen LogP contribution in [0.1, 0.15) is 30.8 Å². The average molecular weight is 457 g/mol. The van der Waals surface area contributed by atoms with Gasteiger partial charge in [-0.2, -0.15) is 0 Å². The van der Waals surface area contributed by atoms with Crippen molar-refractivity contribution in [3.8, 4) is 5.75 Å². The van der Waals surface area contributed by atoms with Gasteiger partial charge < -0.3 is 9.30 Å². The molecule has 0 saturated heterocycles. The van der Waals surface area contributed by atoms with E-state index >= 15 is 0 Å². The number of carbonyl (C=O) groups is 1. The number of anilines is 1. The molecule has 0 aliphatic heterocycles. The maximum Gasteiger partial charge on any atom is 0.236 e. The van der Waals surface area contributed by atoms with E-state index < -0.39 is 11.9 Å². The van der Waals surface area contributed by atoms with Crippen LogP contribution in [0, 0.1) is 12.7 Å². The molecule has 0 spiro atoms. The lowest BCUT2D eigenvalue weighted by Gasteiger charge is -2.16. The summed E-state index contributed by atoms with van der Waals surface area (Å²) in [6, 6.07) is 3.93. The summed E-state index contributed by atoms with van der Waals surface area (Å²) >= 11 is 8.59. The molecule has 1 N–H and O–H groups in total. The molecular formula is C17H18ClFN6O2S2. The normalized spacial score (nSPS) is 12.0. The molecule has 1 amide bonds. The SMILES string of the molecule is CCn1c(SCC(=O)Nc2nnc(C)s2)nnc1C(C)Oc1ccc(F)cc1Cl. The molecule has 29 heavy (non-hydrogen) atoms. The number of rotatable bonds is 8. The molecule has 12 heteroatoms. The summed E-state index contributed by atoms with van der Waals surface area (Å²) in [4.78, 5) is 12.1. The monoisotopic (exact) mass is 456 g/mol. The molecule has 2 aromatic heterocycles. The first-order chi connectivity index (χ1) is 13.9. The van der Waals surface area contributed by atoms with Crippen LogP contribution in [-0.2, 0) is 11.3 Å². The molecule has 3 aromatic rings. The van der Waals surface area contributed by atoms with Gasteiger partial charge in [0.1, 0.15) is 16.6 Å². The van der Waals surface area contributed by atoms with Gasteiger partial charge in [-0.1, -0.05) is 34.7 Å². The molecule has 2 heterocycles. The average Bonchev–Trinajstić information content (AvgIpc) is 3.27. The van der Waals surface area contributed by atoms with Gasteiger partial charge in [0.05, 0.1) is 10.8 Å². The number of amides is 1. The number of carbonyl (C=O) groups excluding carboxylic acids is 1. The standard InChI is InChI=1S/C17H18ClFN6O2S2/c1-4-25-15(9(2)27-13-6-5-11(19)7-12(13)18)22-24-17(25)28-8-14(26)20-16-23-21-10(3)29-16/h5-7,9H,4,8H2,1-3H3,(H,20,23,26). The Morgan fingerprint density at radius 3 is 2.83 bits per heavy atom. The third-order valence-electron chi connectivity index (χ3n) is 3.73. The van der Waals surface area contributed by atoms with E-state index in [9.17, 15) is 9.18 Å². The van der Waals surface area contributed by atoms with Crippen molar-refractivity contribution in [1.82, 2.24) is 25.0 Å². The van der Waals surface area contributed by atoms with Gasteiger partial charge in [0.25, 0.3) is 0 Å². The smallest absolute Gasteiger partial charge is 0.236 e. The van der Waals surface area contributed by atoms with Crippen LogP contribution < -0.4 is 10.1 Å². The van der Waals surface area contributed by atoms with E-state index in [4.69, 9.17) is 16.3 Å². The second-order valence-electron chi connectivity index (χ2n) is 5.88. The number of thioether (sulfide) groups is 1. The first-order valence-electron chi connectivity index (χ1n) is 8.65. The third kappa shape index (κ3) is 5.43. The van der Waals surface area contributed by atoms with E-state index in [2.05, 4.69) is 25.7 Å². The largest absolute Gasteiger partial charge is 0.481 e. The summed E-state index contributed by atoms with van der Waals surface area (Å²) in [5, 5.41) is 20.8. The molecule has 154 valence electrons. The number of hydrogen-bond acceptors (Lipinski definition) is 8. The van der Waals surface area contributed by atoms with Crippen LogP contribution in [0.25, 0.3) is 0 Å². The Morgan fingerprint density at radius 2 is 2.17 bits per heavy atom. The van der Waals surface area contributed by atoms with E-state index in [1.54, 1.807) is 6.92 Å². The number of nitrogens with one attached hydrogen (secondary N) is 1. The van der Waals surface area contributed by atoms with Gasteiger partial charge in [0.15, 0.2) is 17.1 Å². The Labute approximate surface area is 179 Å². The van der Waals surface area contributed by atoms with E-state index in [-0.39, 0.29) is 16.7 Å². The summed E-state index contributed by atoms with van der Waals surface area (Å²) in [6.07, 6.45) is -0.474. The summed E-state index contributed by atoms with van der Waals surface area (Å²) in [6.45, 7) is 6.15. The Balaban J connectivity index is 1.65. The van der Waals surface area contributed by atoms with Crippen LogP contribution in [-0.4, -0.2) is 36.6 Å². The quantitative estimate of drug-likeness (QED) is 0.509. The minimum absolute atomic E-state index is 0.149. The number of aromatic nitrogens is 5. The summed E-state index contributed by atoms with van der Waals surface area (Å²) in [7, 11) is 0. The molecule has 0 aliphatic rings. The highest BCUT2D eigenvalue weighted by atomic mass is 35.5. The topological polar surface area (TPSA) is 94.8 Å². The number of halogens is 2. The van der Waals surface area contributed by atoms with Crippen molar-refractivity contribution in [1.29, 1.82) is 0 Å². The maximum atomic E-state index is 13.2. The minimum Gasteiger partial charge on any atom is -0.481 e. The van der Waals surface area contributed by atoms with Gasteiger partial charge in [0.2, 0.25) is 11.0 Å². The molecule has 0 saturated carbocycles. The highest BCUT2D eigenvalue weighted by Crippen LogP contribution is 2.30. The minimum atomic E-state index is -0.474. The second kappa shape index (κ2) is 9.51. The van der Waals surface area contributed by atoms with Crippen molar-refractivity contribution >= 4 is 45.7 Å². The van der Waals surface area contributed by atoms with Gasteiger partial charge in [0, 0.05) is 6.54 Å². The number of hydrogen-bond donors (Lipinski definition) is 1. The lowest BCUT2D eigenvalue weighted by molar-refractivity contribution is -0.113. The summed E-state index contributed by atoms with van der Waals surface area (Å²) < 4.78 is 20.9. The van der Waals surface area contributed by atoms with Gasteiger partial charge in [-0.05, 0) is 39.0 Å². The second-order valence-corrected chi connectivity index (χ2v) is 8.41. The van der Waals surface area contributed by atoms with Crippen molar-refractivity contribution in [3.63, 3.8) is 0 Å². The fourth-order valence-electron chi connectivity index (χ4n) is 2.45. The van der Waals surface area contributed by atoms with Gasteiger partial charge in [-0.25, -0.2) is 4.39 Å². The zero-order chi connectivity index (χ0) is 21.0. The van der Waals surface area contributed by atoms with Crippen molar-refractivity contribution in [3.05, 3.63) is 39.9 Å². The summed E-state index contributed by atoms with van der Waals surface area (Å²) in [5.74, 6) is 0.436. The highest BCUT2D eigenvalue weighted by Gasteiger charge is 2.20. The molecule has 0 aliphatic carbocycles. The van der Waals surface area contributed by atoms with E-state index in [1.165, 1.54) is 41.3 Å². The van der Waals surface area contributed by atoms with Gasteiger partial charge in [-0.3, -0.25) is 10.1 Å². The molecule has 1 atom stereocenters. The zero-order valence-corrected chi connectivity index (χ0v) is 18.2. The zero-order valence-electron chi connectivity index (χ0n) is 15.8. The molecule has 0 bridgehead atoms. The molecule has 1 aromatic carbocycles. The Kier molecular flexibility index (Phi) is 7.04. The molecular weight excluding hydrogens is 439 g/mol. The molecule has 8 nitrogen and oxygen atoms in total. The Bertz CT molecular complexity index is 1010. The first kappa shape index (κ1) is 21.5. The van der Waals surface area contributed by atoms with E-state index in [1.807, 2.05) is 18.4 Å². The third-order valence-corrected chi connectivity index (χ3v) is 5.74. The van der Waals surface area contributed by atoms with Crippen LogP contribution in [0.4, 0.5) is 9.52 Å². The van der Waals surface area contributed by atoms with Crippen molar-refractivity contribution < 1.29 is 13.9 Å². The van der Waals surface area contributed by atoms with Crippen LogP contribution in [0.3, 0.4) is 0 Å². The van der Waals surface area contributed by atoms with Crippen LogP contribution >= 0.6 is 34.7 Å². The van der Waals surface area contributed by atoms with Crippen LogP contribution in [0.15, 0.2) is 23.4 Å². The fourth-order valence-corrected chi connectivity index (χ4v) is 4.08. The van der Waals surface area contributed by atoms with E-state index in [0.717, 1.165) is 5.01 Å². The summed E-state index contributed by atoms with van der Waals surface area (Å²) in [5.41, 5.74) is 0. The highest BCUT2D eigenvalue weighted by molar-refractivity contribution is 7.99. The van der Waals surface area contributed by atoms with Crippen LogP contribution in [0.5, 0.6) is 5.75 Å². The number of aryl methyl sites for hydroxylation is 1. The van der Waals surface area contributed by atoms with Gasteiger partial charge in [-0.15, -0.1) is 20.4 Å². The molecule has 3 rings (SSSR count). The molecule has 0 fully saturated rings. The molecule has 0 radical (unpaired) electrons. The number of nitrogens with zero attached hydrogens (tertiary/aromatic N) is 5. The van der Waals surface area contributed by atoms with Crippen LogP contribution in [0.2, 0.25) is 5.02 Å². The number of ether oxygens (including phenoxy) is 1. The predicted molar refractivity (Wildman–Crippen MR) is 110 cm³/mol. The van der Waals surface area contributed by atoms with Crippen molar-refractivity contribution in [2.45, 2.75) is 38.6 Å². The maximum absolute atomic E-state index is 13.2. The number of benzene rings is 1. The lowest BCUT2D eigenvalue weighted by Crippen LogP contribution is -2.15. The molecule has 1 unspecified atom stereocenters. The predicted octanol–water partition coefficient (Wildman–Crippen LogP) is 4.12.